The number of aromatic nitrogens is 1. The number of hydrogen-bond acceptors (Lipinski definition) is 3. The fourth-order valence-corrected chi connectivity index (χ4v) is 2.42. The first-order valence-electron chi connectivity index (χ1n) is 7.06. The van der Waals surface area contributed by atoms with Gasteiger partial charge in [0, 0.05) is 29.3 Å². The molecule has 3 rings (SSSR count). The van der Waals surface area contributed by atoms with Crippen LogP contribution in [0, 0.1) is 0 Å². The molecule has 0 amide bonds. The van der Waals surface area contributed by atoms with Crippen LogP contribution in [0.3, 0.4) is 0 Å². The zero-order chi connectivity index (χ0) is 14.5. The Labute approximate surface area is 124 Å². The molecule has 3 nitrogen and oxygen atoms in total. The summed E-state index contributed by atoms with van der Waals surface area (Å²) < 4.78 is 6.00. The molecule has 0 atom stereocenters. The molecule has 0 saturated carbocycles. The fraction of sp³-hybridized carbons (Fsp3) is 0.167. The molecule has 2 aromatic carbocycles. The van der Waals surface area contributed by atoms with Crippen molar-refractivity contribution in [3.8, 4) is 5.75 Å². The van der Waals surface area contributed by atoms with Crippen molar-refractivity contribution in [2.24, 2.45) is 0 Å². The maximum Gasteiger partial charge on any atom is 0.124 e. The minimum Gasteiger partial charge on any atom is -0.488 e. The number of ether oxygens (including phenoxy) is 1. The molecule has 0 unspecified atom stereocenters. The molecule has 0 aliphatic rings. The van der Waals surface area contributed by atoms with Gasteiger partial charge in [0.15, 0.2) is 0 Å². The van der Waals surface area contributed by atoms with Crippen molar-refractivity contribution in [3.05, 3.63) is 71.9 Å². The van der Waals surface area contributed by atoms with Crippen molar-refractivity contribution < 1.29 is 4.74 Å². The lowest BCUT2D eigenvalue weighted by Crippen LogP contribution is -2.07. The van der Waals surface area contributed by atoms with Crippen molar-refractivity contribution in [1.82, 2.24) is 10.3 Å². The Bertz CT molecular complexity index is 735. The molecule has 106 valence electrons. The third-order valence-corrected chi connectivity index (χ3v) is 3.44. The Hall–Kier alpha value is -2.39. The maximum atomic E-state index is 6.00. The molecule has 21 heavy (non-hydrogen) atoms. The molecule has 0 bridgehead atoms. The van der Waals surface area contributed by atoms with Crippen LogP contribution in [0.1, 0.15) is 11.1 Å². The topological polar surface area (TPSA) is 34.1 Å². The number of benzene rings is 2. The summed E-state index contributed by atoms with van der Waals surface area (Å²) in [4.78, 5) is 4.46. The van der Waals surface area contributed by atoms with Gasteiger partial charge in [0.1, 0.15) is 12.4 Å². The molecule has 0 radical (unpaired) electrons. The number of fused-ring (bicyclic) bond motifs is 1. The number of hydrogen-bond donors (Lipinski definition) is 1. The van der Waals surface area contributed by atoms with Gasteiger partial charge in [-0.1, -0.05) is 42.5 Å². The largest absolute Gasteiger partial charge is 0.488 e. The quantitative estimate of drug-likeness (QED) is 0.775. The van der Waals surface area contributed by atoms with E-state index in [4.69, 9.17) is 4.74 Å². The molecule has 0 saturated heterocycles. The lowest BCUT2D eigenvalue weighted by molar-refractivity contribution is 0.303. The summed E-state index contributed by atoms with van der Waals surface area (Å²) in [6, 6.07) is 18.3. The van der Waals surface area contributed by atoms with E-state index in [9.17, 15) is 0 Å². The number of nitrogens with zero attached hydrogens (tertiary/aromatic N) is 1. The lowest BCUT2D eigenvalue weighted by atomic mass is 10.1. The van der Waals surface area contributed by atoms with Crippen molar-refractivity contribution >= 4 is 10.9 Å². The van der Waals surface area contributed by atoms with Crippen molar-refractivity contribution in [3.63, 3.8) is 0 Å². The van der Waals surface area contributed by atoms with E-state index in [1.165, 1.54) is 0 Å². The third-order valence-electron chi connectivity index (χ3n) is 3.44. The first kappa shape index (κ1) is 13.6. The van der Waals surface area contributed by atoms with Gasteiger partial charge >= 0.3 is 0 Å². The van der Waals surface area contributed by atoms with Gasteiger partial charge in [0.2, 0.25) is 0 Å². The number of rotatable bonds is 5. The predicted octanol–water partition coefficient (Wildman–Crippen LogP) is 3.53. The van der Waals surface area contributed by atoms with Gasteiger partial charge in [-0.3, -0.25) is 4.98 Å². The van der Waals surface area contributed by atoms with Gasteiger partial charge in [-0.25, -0.2) is 0 Å². The van der Waals surface area contributed by atoms with Crippen LogP contribution in [0.4, 0.5) is 0 Å². The van der Waals surface area contributed by atoms with Gasteiger partial charge in [-0.15, -0.1) is 0 Å². The SMILES string of the molecule is CNCc1ccccc1OCc1cccc2cccnc12. The summed E-state index contributed by atoms with van der Waals surface area (Å²) in [5, 5.41) is 4.30. The molecule has 1 heterocycles. The second-order valence-electron chi connectivity index (χ2n) is 4.92. The van der Waals surface area contributed by atoms with Gasteiger partial charge in [0.25, 0.3) is 0 Å². The van der Waals surface area contributed by atoms with E-state index in [1.54, 1.807) is 0 Å². The van der Waals surface area contributed by atoms with Crippen LogP contribution in [-0.2, 0) is 13.2 Å². The van der Waals surface area contributed by atoms with Gasteiger partial charge < -0.3 is 10.1 Å². The molecule has 3 heteroatoms. The van der Waals surface area contributed by atoms with E-state index in [1.807, 2.05) is 43.6 Å². The summed E-state index contributed by atoms with van der Waals surface area (Å²) in [6.45, 7) is 1.32. The highest BCUT2D eigenvalue weighted by Crippen LogP contribution is 2.21. The van der Waals surface area contributed by atoms with Gasteiger partial charge in [-0.2, -0.15) is 0 Å². The Morgan fingerprint density at radius 2 is 1.76 bits per heavy atom. The second-order valence-corrected chi connectivity index (χ2v) is 4.92. The summed E-state index contributed by atoms with van der Waals surface area (Å²) in [5.41, 5.74) is 3.27. The van der Waals surface area contributed by atoms with Crippen molar-refractivity contribution in [2.45, 2.75) is 13.2 Å². The van der Waals surface area contributed by atoms with Crippen LogP contribution in [-0.4, -0.2) is 12.0 Å². The van der Waals surface area contributed by atoms with E-state index >= 15 is 0 Å². The van der Waals surface area contributed by atoms with Crippen LogP contribution in [0.25, 0.3) is 10.9 Å². The molecule has 0 fully saturated rings. The Morgan fingerprint density at radius 1 is 0.952 bits per heavy atom. The zero-order valence-electron chi connectivity index (χ0n) is 12.0. The van der Waals surface area contributed by atoms with E-state index in [-0.39, 0.29) is 0 Å². The average Bonchev–Trinajstić information content (AvgIpc) is 2.54. The minimum atomic E-state index is 0.523. The average molecular weight is 278 g/mol. The molecule has 0 aliphatic heterocycles. The van der Waals surface area contributed by atoms with Crippen LogP contribution in [0.5, 0.6) is 5.75 Å². The van der Waals surface area contributed by atoms with Gasteiger partial charge in [-0.05, 0) is 19.2 Å². The van der Waals surface area contributed by atoms with Crippen LogP contribution >= 0.6 is 0 Å². The Morgan fingerprint density at radius 3 is 2.67 bits per heavy atom. The standard InChI is InChI=1S/C18H18N2O/c1-19-12-15-6-2-3-10-17(15)21-13-16-8-4-7-14-9-5-11-20-18(14)16/h2-11,19H,12-13H2,1H3. The monoisotopic (exact) mass is 278 g/mol. The molecule has 3 aromatic rings. The van der Waals surface area contributed by atoms with Crippen LogP contribution in [0.15, 0.2) is 60.8 Å². The molecule has 0 spiro atoms. The predicted molar refractivity (Wildman–Crippen MR) is 85.3 cm³/mol. The van der Waals surface area contributed by atoms with E-state index in [2.05, 4.69) is 34.6 Å². The summed E-state index contributed by atoms with van der Waals surface area (Å²) in [7, 11) is 1.94. The van der Waals surface area contributed by atoms with Crippen LogP contribution < -0.4 is 10.1 Å². The highest BCUT2D eigenvalue weighted by atomic mass is 16.5. The normalized spacial score (nSPS) is 10.7. The first-order valence-corrected chi connectivity index (χ1v) is 7.06. The summed E-state index contributed by atoms with van der Waals surface area (Å²) in [6.07, 6.45) is 1.82. The minimum absolute atomic E-state index is 0.523. The van der Waals surface area contributed by atoms with Crippen molar-refractivity contribution in [2.75, 3.05) is 7.05 Å². The first-order chi connectivity index (χ1) is 10.4. The third kappa shape index (κ3) is 3.03. The highest BCUT2D eigenvalue weighted by Gasteiger charge is 2.05. The highest BCUT2D eigenvalue weighted by molar-refractivity contribution is 5.81. The van der Waals surface area contributed by atoms with Gasteiger partial charge in [0.05, 0.1) is 5.52 Å². The fourth-order valence-electron chi connectivity index (χ4n) is 2.42. The number of pyridine rings is 1. The van der Waals surface area contributed by atoms with Crippen LogP contribution in [0.2, 0.25) is 0 Å². The Balaban J connectivity index is 1.84. The molecule has 0 aliphatic carbocycles. The Kier molecular flexibility index (Phi) is 4.12. The van der Waals surface area contributed by atoms with E-state index in [0.717, 1.165) is 34.3 Å². The molecule has 1 aromatic heterocycles. The smallest absolute Gasteiger partial charge is 0.124 e. The van der Waals surface area contributed by atoms with Crippen molar-refractivity contribution in [1.29, 1.82) is 0 Å². The number of nitrogens with one attached hydrogen (secondary N) is 1. The molecule has 1 N–H and O–H groups in total. The number of para-hydroxylation sites is 2. The molecular weight excluding hydrogens is 260 g/mol. The maximum absolute atomic E-state index is 6.00. The second kappa shape index (κ2) is 6.37. The molecular formula is C18H18N2O. The lowest BCUT2D eigenvalue weighted by Gasteiger charge is -2.12. The zero-order valence-corrected chi connectivity index (χ0v) is 12.0. The summed E-state index contributed by atoms with van der Waals surface area (Å²) in [5.74, 6) is 0.916. The summed E-state index contributed by atoms with van der Waals surface area (Å²) >= 11 is 0. The van der Waals surface area contributed by atoms with E-state index in [0.29, 0.717) is 6.61 Å². The van der Waals surface area contributed by atoms with E-state index < -0.39 is 0 Å².